The molecule has 0 bridgehead atoms. The monoisotopic (exact) mass is 555 g/mol. The number of aliphatic carboxylic acids is 1. The average molecular weight is 556 g/mol. The van der Waals surface area contributed by atoms with Crippen molar-refractivity contribution in [1.29, 1.82) is 0 Å². The van der Waals surface area contributed by atoms with Crippen LogP contribution in [0, 0.1) is 0 Å². The van der Waals surface area contributed by atoms with Gasteiger partial charge in [-0.2, -0.15) is 23.5 Å². The van der Waals surface area contributed by atoms with Crippen LogP contribution in [-0.2, 0) is 30.4 Å². The van der Waals surface area contributed by atoms with Crippen molar-refractivity contribution >= 4 is 53.1 Å². The molecule has 11 nitrogen and oxygen atoms in total. The zero-order valence-electron chi connectivity index (χ0n) is 21.1. The lowest BCUT2D eigenvalue weighted by Gasteiger charge is -2.25. The summed E-state index contributed by atoms with van der Waals surface area (Å²) in [5.41, 5.74) is 11.8. The number of carboxylic acid groups (broad SMARTS) is 1. The molecule has 13 heteroatoms. The lowest BCUT2D eigenvalue weighted by molar-refractivity contribution is -0.142. The van der Waals surface area contributed by atoms with Crippen LogP contribution in [0.15, 0.2) is 30.3 Å². The molecule has 0 aliphatic rings. The third kappa shape index (κ3) is 12.8. The second-order valence-electron chi connectivity index (χ2n) is 8.39. The fourth-order valence-electron chi connectivity index (χ4n) is 3.31. The van der Waals surface area contributed by atoms with E-state index in [0.29, 0.717) is 11.5 Å². The van der Waals surface area contributed by atoms with Gasteiger partial charge in [0.2, 0.25) is 23.6 Å². The van der Waals surface area contributed by atoms with Crippen LogP contribution in [0.5, 0.6) is 0 Å². The molecule has 37 heavy (non-hydrogen) atoms. The normalized spacial score (nSPS) is 14.0. The molecule has 1 rings (SSSR count). The number of primary amides is 1. The minimum absolute atomic E-state index is 0.0201. The van der Waals surface area contributed by atoms with Crippen LogP contribution in [0.2, 0.25) is 0 Å². The Bertz CT molecular complexity index is 905. The van der Waals surface area contributed by atoms with E-state index in [-0.39, 0.29) is 32.1 Å². The number of carbonyl (C=O) groups excluding carboxylic acids is 4. The van der Waals surface area contributed by atoms with E-state index in [1.54, 1.807) is 24.3 Å². The summed E-state index contributed by atoms with van der Waals surface area (Å²) in [5, 5.41) is 17.3. The van der Waals surface area contributed by atoms with E-state index in [4.69, 9.17) is 11.5 Å². The van der Waals surface area contributed by atoms with E-state index >= 15 is 0 Å². The molecule has 0 spiro atoms. The number of carboxylic acids is 1. The average Bonchev–Trinajstić information content (AvgIpc) is 2.87. The smallest absolute Gasteiger partial charge is 0.326 e. The van der Waals surface area contributed by atoms with Gasteiger partial charge in [-0.1, -0.05) is 30.3 Å². The highest BCUT2D eigenvalue weighted by molar-refractivity contribution is 7.98. The van der Waals surface area contributed by atoms with Gasteiger partial charge in [0.15, 0.2) is 0 Å². The largest absolute Gasteiger partial charge is 0.480 e. The maximum Gasteiger partial charge on any atom is 0.326 e. The van der Waals surface area contributed by atoms with Crippen molar-refractivity contribution in [2.75, 3.05) is 24.0 Å². The Kier molecular flexibility index (Phi) is 15.4. The van der Waals surface area contributed by atoms with E-state index in [9.17, 15) is 29.1 Å². The first-order valence-electron chi connectivity index (χ1n) is 11.8. The number of thioether (sulfide) groups is 2. The summed E-state index contributed by atoms with van der Waals surface area (Å²) >= 11 is 2.93. The summed E-state index contributed by atoms with van der Waals surface area (Å²) in [7, 11) is 0. The molecular formula is C24H37N5O6S2. The van der Waals surface area contributed by atoms with Gasteiger partial charge in [-0.3, -0.25) is 19.2 Å². The Balaban J connectivity index is 3.05. The lowest BCUT2D eigenvalue weighted by atomic mass is 10.0. The second kappa shape index (κ2) is 17.6. The summed E-state index contributed by atoms with van der Waals surface area (Å²) in [5.74, 6) is -2.53. The Morgan fingerprint density at radius 3 is 1.86 bits per heavy atom. The van der Waals surface area contributed by atoms with Crippen LogP contribution >= 0.6 is 23.5 Å². The first-order valence-corrected chi connectivity index (χ1v) is 14.6. The molecule has 0 saturated carbocycles. The number of benzene rings is 1. The summed E-state index contributed by atoms with van der Waals surface area (Å²) in [4.78, 5) is 61.5. The van der Waals surface area contributed by atoms with Gasteiger partial charge >= 0.3 is 5.97 Å². The second-order valence-corrected chi connectivity index (χ2v) is 10.4. The molecule has 1 aromatic carbocycles. The number of carbonyl (C=O) groups is 5. The quantitative estimate of drug-likeness (QED) is 0.143. The first kappa shape index (κ1) is 32.3. The summed E-state index contributed by atoms with van der Waals surface area (Å²) in [6.45, 7) is 0. The molecule has 8 N–H and O–H groups in total. The zero-order valence-corrected chi connectivity index (χ0v) is 22.7. The summed E-state index contributed by atoms with van der Waals surface area (Å²) in [6, 6.07) is 4.77. The molecule has 4 amide bonds. The standard InChI is InChI=1S/C24H37N5O6S2/c1-36-12-10-17(22(32)28-18(24(34)35)11-13-37-2)27-23(33)19(14-15-6-4-3-5-7-15)29-21(31)16(25)8-9-20(26)30/h3-7,16-19H,8-14,25H2,1-2H3,(H2,26,30)(H,27,33)(H,28,32)(H,29,31)(H,34,35). The van der Waals surface area contributed by atoms with Crippen LogP contribution < -0.4 is 27.4 Å². The SMILES string of the molecule is CSCCC(NC(=O)C(CCSC)NC(=O)C(Cc1ccccc1)NC(=O)C(N)CCC(N)=O)C(=O)O. The molecule has 0 aromatic heterocycles. The van der Waals surface area contributed by atoms with Crippen molar-refractivity contribution in [2.24, 2.45) is 11.5 Å². The van der Waals surface area contributed by atoms with Gasteiger partial charge in [0.25, 0.3) is 0 Å². The summed E-state index contributed by atoms with van der Waals surface area (Å²) < 4.78 is 0. The first-order chi connectivity index (χ1) is 17.6. The third-order valence-corrected chi connectivity index (χ3v) is 6.71. The van der Waals surface area contributed by atoms with Crippen molar-refractivity contribution in [3.8, 4) is 0 Å². The maximum absolute atomic E-state index is 13.3. The molecule has 4 atom stereocenters. The van der Waals surface area contributed by atoms with Crippen LogP contribution in [0.1, 0.15) is 31.2 Å². The van der Waals surface area contributed by atoms with E-state index < -0.39 is 53.8 Å². The Labute approximate surface area is 225 Å². The Morgan fingerprint density at radius 1 is 0.811 bits per heavy atom. The molecular weight excluding hydrogens is 518 g/mol. The third-order valence-electron chi connectivity index (χ3n) is 5.42. The van der Waals surface area contributed by atoms with E-state index in [1.165, 1.54) is 23.5 Å². The predicted octanol–water partition coefficient (Wildman–Crippen LogP) is -0.133. The Morgan fingerprint density at radius 2 is 1.32 bits per heavy atom. The molecule has 0 aliphatic carbocycles. The number of nitrogens with one attached hydrogen (secondary N) is 3. The number of hydrogen-bond acceptors (Lipinski definition) is 8. The van der Waals surface area contributed by atoms with E-state index in [0.717, 1.165) is 5.56 Å². The molecule has 4 unspecified atom stereocenters. The Hall–Kier alpha value is -2.77. The lowest BCUT2D eigenvalue weighted by Crippen LogP contribution is -2.57. The number of nitrogens with two attached hydrogens (primary N) is 2. The molecule has 1 aromatic rings. The molecule has 0 aliphatic heterocycles. The maximum atomic E-state index is 13.3. The van der Waals surface area contributed by atoms with Crippen molar-refractivity contribution in [3.05, 3.63) is 35.9 Å². The fourth-order valence-corrected chi connectivity index (χ4v) is 4.25. The number of rotatable bonds is 18. The zero-order chi connectivity index (χ0) is 27.8. The fraction of sp³-hybridized carbons (Fsp3) is 0.542. The number of hydrogen-bond donors (Lipinski definition) is 6. The highest BCUT2D eigenvalue weighted by Crippen LogP contribution is 2.08. The van der Waals surface area contributed by atoms with Gasteiger partial charge in [-0.15, -0.1) is 0 Å². The van der Waals surface area contributed by atoms with Gasteiger partial charge in [0, 0.05) is 12.8 Å². The van der Waals surface area contributed by atoms with Crippen molar-refractivity contribution < 1.29 is 29.1 Å². The molecule has 0 fully saturated rings. The van der Waals surface area contributed by atoms with Crippen molar-refractivity contribution in [1.82, 2.24) is 16.0 Å². The van der Waals surface area contributed by atoms with E-state index in [1.807, 2.05) is 18.6 Å². The van der Waals surface area contributed by atoms with Gasteiger partial charge in [-0.05, 0) is 48.8 Å². The minimum atomic E-state index is -1.16. The molecule has 0 saturated heterocycles. The van der Waals surface area contributed by atoms with Gasteiger partial charge in [0.05, 0.1) is 6.04 Å². The molecule has 0 heterocycles. The topological polar surface area (TPSA) is 194 Å². The predicted molar refractivity (Wildman–Crippen MR) is 146 cm³/mol. The van der Waals surface area contributed by atoms with Crippen LogP contribution in [0.4, 0.5) is 0 Å². The van der Waals surface area contributed by atoms with Crippen LogP contribution in [0.25, 0.3) is 0 Å². The van der Waals surface area contributed by atoms with E-state index in [2.05, 4.69) is 16.0 Å². The number of amides is 4. The van der Waals surface area contributed by atoms with Gasteiger partial charge in [0.1, 0.15) is 18.1 Å². The highest BCUT2D eigenvalue weighted by atomic mass is 32.2. The van der Waals surface area contributed by atoms with Crippen LogP contribution in [-0.4, -0.2) is 82.9 Å². The van der Waals surface area contributed by atoms with Crippen molar-refractivity contribution in [3.63, 3.8) is 0 Å². The minimum Gasteiger partial charge on any atom is -0.480 e. The molecule has 206 valence electrons. The summed E-state index contributed by atoms with van der Waals surface area (Å²) in [6.07, 6.45) is 4.25. The molecule has 0 radical (unpaired) electrons. The van der Waals surface area contributed by atoms with Crippen molar-refractivity contribution in [2.45, 2.75) is 56.3 Å². The van der Waals surface area contributed by atoms with Crippen LogP contribution in [0.3, 0.4) is 0 Å². The van der Waals surface area contributed by atoms with Gasteiger partial charge < -0.3 is 32.5 Å². The van der Waals surface area contributed by atoms with Gasteiger partial charge in [-0.25, -0.2) is 4.79 Å². The highest BCUT2D eigenvalue weighted by Gasteiger charge is 2.30.